The summed E-state index contributed by atoms with van der Waals surface area (Å²) in [6.45, 7) is 0.0418. The zero-order valence-corrected chi connectivity index (χ0v) is 8.19. The average Bonchev–Trinajstić information content (AvgIpc) is 2.65. The Morgan fingerprint density at radius 1 is 1.50 bits per heavy atom. The fourth-order valence-corrected chi connectivity index (χ4v) is 1.01. The molecule has 8 nitrogen and oxygen atoms in total. The van der Waals surface area contributed by atoms with Crippen LogP contribution >= 0.6 is 0 Å². The molecule has 2 amide bonds. The number of H-pyrrole nitrogens is 1. The van der Waals surface area contributed by atoms with Gasteiger partial charge < -0.3 is 21.1 Å². The molecule has 0 fully saturated rings. The van der Waals surface area contributed by atoms with E-state index in [-0.39, 0.29) is 24.4 Å². The van der Waals surface area contributed by atoms with Crippen molar-refractivity contribution in [1.29, 1.82) is 0 Å². The lowest BCUT2D eigenvalue weighted by Gasteiger charge is -2.01. The lowest BCUT2D eigenvalue weighted by molar-refractivity contribution is -0.117. The minimum absolute atomic E-state index is 0.0153. The molecule has 0 atom stereocenters. The number of amides is 2. The molecule has 0 spiro atoms. The molecular formula is C8H10N4O4. The first kappa shape index (κ1) is 11.7. The molecule has 8 heteroatoms. The van der Waals surface area contributed by atoms with Gasteiger partial charge in [0.2, 0.25) is 5.91 Å². The van der Waals surface area contributed by atoms with Gasteiger partial charge in [-0.2, -0.15) is 0 Å². The van der Waals surface area contributed by atoms with Gasteiger partial charge in [-0.15, -0.1) is 0 Å². The van der Waals surface area contributed by atoms with Crippen LogP contribution in [0.25, 0.3) is 0 Å². The average molecular weight is 226 g/mol. The molecule has 5 N–H and O–H groups in total. The fraction of sp³-hybridized carbons (Fsp3) is 0.250. The number of aromatic amines is 1. The van der Waals surface area contributed by atoms with Crippen LogP contribution in [0.1, 0.15) is 27.4 Å². The zero-order chi connectivity index (χ0) is 12.1. The Balaban J connectivity index is 2.62. The fourth-order valence-electron chi connectivity index (χ4n) is 1.01. The number of carbonyl (C=O) groups excluding carboxylic acids is 2. The van der Waals surface area contributed by atoms with Crippen molar-refractivity contribution in [2.75, 3.05) is 6.54 Å². The van der Waals surface area contributed by atoms with Crippen molar-refractivity contribution >= 4 is 17.8 Å². The van der Waals surface area contributed by atoms with Crippen LogP contribution in [-0.4, -0.2) is 39.4 Å². The zero-order valence-electron chi connectivity index (χ0n) is 8.19. The summed E-state index contributed by atoms with van der Waals surface area (Å²) < 4.78 is 0. The molecule has 0 saturated carbocycles. The maximum absolute atomic E-state index is 11.4. The molecule has 0 aromatic carbocycles. The summed E-state index contributed by atoms with van der Waals surface area (Å²) in [4.78, 5) is 38.3. The molecule has 0 saturated heterocycles. The van der Waals surface area contributed by atoms with E-state index < -0.39 is 17.8 Å². The van der Waals surface area contributed by atoms with Crippen molar-refractivity contribution < 1.29 is 19.5 Å². The molecule has 0 aliphatic heterocycles. The molecule has 1 heterocycles. The van der Waals surface area contributed by atoms with Crippen molar-refractivity contribution in [3.63, 3.8) is 0 Å². The van der Waals surface area contributed by atoms with E-state index in [9.17, 15) is 14.4 Å². The molecule has 1 aromatic rings. The van der Waals surface area contributed by atoms with E-state index in [0.29, 0.717) is 0 Å². The number of rotatable bonds is 5. The second-order valence-corrected chi connectivity index (χ2v) is 2.90. The maximum atomic E-state index is 11.4. The van der Waals surface area contributed by atoms with E-state index in [2.05, 4.69) is 15.3 Å². The number of hydrogen-bond acceptors (Lipinski definition) is 4. The van der Waals surface area contributed by atoms with E-state index in [1.807, 2.05) is 0 Å². The Morgan fingerprint density at radius 2 is 2.19 bits per heavy atom. The van der Waals surface area contributed by atoms with Crippen LogP contribution in [-0.2, 0) is 4.79 Å². The number of imidazole rings is 1. The summed E-state index contributed by atoms with van der Waals surface area (Å²) in [6, 6.07) is 0. The van der Waals surface area contributed by atoms with E-state index in [4.69, 9.17) is 10.8 Å². The summed E-state index contributed by atoms with van der Waals surface area (Å²) in [5, 5.41) is 11.0. The van der Waals surface area contributed by atoms with Crippen LogP contribution in [0, 0.1) is 0 Å². The summed E-state index contributed by atoms with van der Waals surface area (Å²) in [5.74, 6) is -2.50. The standard InChI is InChI=1S/C8H10N4O4/c9-4(13)1-2-10-7(14)5-6(8(15)16)12-3-11-5/h3H,1-2H2,(H2,9,13)(H,10,14)(H,11,12)(H,15,16). The van der Waals surface area contributed by atoms with Crippen molar-refractivity contribution in [3.05, 3.63) is 17.7 Å². The number of aromatic carboxylic acids is 1. The molecule has 86 valence electrons. The molecule has 0 bridgehead atoms. The highest BCUT2D eigenvalue weighted by Crippen LogP contribution is 2.02. The Bertz CT molecular complexity index is 425. The molecule has 16 heavy (non-hydrogen) atoms. The summed E-state index contributed by atoms with van der Waals surface area (Å²) in [7, 11) is 0. The van der Waals surface area contributed by atoms with Gasteiger partial charge in [0.15, 0.2) is 11.4 Å². The molecular weight excluding hydrogens is 216 g/mol. The number of nitrogens with one attached hydrogen (secondary N) is 2. The van der Waals surface area contributed by atoms with E-state index >= 15 is 0 Å². The second kappa shape index (κ2) is 4.91. The van der Waals surface area contributed by atoms with Gasteiger partial charge in [-0.05, 0) is 0 Å². The van der Waals surface area contributed by atoms with Gasteiger partial charge in [-0.3, -0.25) is 9.59 Å². The predicted molar refractivity (Wildman–Crippen MR) is 51.7 cm³/mol. The van der Waals surface area contributed by atoms with Gasteiger partial charge in [0.05, 0.1) is 6.33 Å². The Morgan fingerprint density at radius 3 is 2.75 bits per heavy atom. The van der Waals surface area contributed by atoms with Crippen LogP contribution in [0.5, 0.6) is 0 Å². The third-order valence-corrected chi connectivity index (χ3v) is 1.73. The number of primary amides is 1. The number of nitrogens with zero attached hydrogens (tertiary/aromatic N) is 1. The van der Waals surface area contributed by atoms with Crippen LogP contribution in [0.3, 0.4) is 0 Å². The number of aromatic nitrogens is 2. The minimum Gasteiger partial charge on any atom is -0.477 e. The molecule has 0 radical (unpaired) electrons. The van der Waals surface area contributed by atoms with Crippen LogP contribution in [0.4, 0.5) is 0 Å². The molecule has 1 rings (SSSR count). The largest absolute Gasteiger partial charge is 0.477 e. The lowest BCUT2D eigenvalue weighted by Crippen LogP contribution is -2.29. The quantitative estimate of drug-likeness (QED) is 0.495. The second-order valence-electron chi connectivity index (χ2n) is 2.90. The third-order valence-electron chi connectivity index (χ3n) is 1.73. The summed E-state index contributed by atoms with van der Waals surface area (Å²) >= 11 is 0. The van der Waals surface area contributed by atoms with E-state index in [0.717, 1.165) is 6.33 Å². The molecule has 0 unspecified atom stereocenters. The van der Waals surface area contributed by atoms with Crippen molar-refractivity contribution in [3.8, 4) is 0 Å². The van der Waals surface area contributed by atoms with E-state index in [1.165, 1.54) is 0 Å². The van der Waals surface area contributed by atoms with Crippen molar-refractivity contribution in [1.82, 2.24) is 15.3 Å². The van der Waals surface area contributed by atoms with Crippen LogP contribution in [0.15, 0.2) is 6.33 Å². The third kappa shape index (κ3) is 2.80. The lowest BCUT2D eigenvalue weighted by atomic mass is 10.3. The summed E-state index contributed by atoms with van der Waals surface area (Å²) in [6.07, 6.45) is 1.09. The Labute approximate surface area is 89.9 Å². The van der Waals surface area contributed by atoms with Crippen molar-refractivity contribution in [2.24, 2.45) is 5.73 Å². The minimum atomic E-state index is -1.28. The highest BCUT2D eigenvalue weighted by molar-refractivity contribution is 6.02. The first-order valence-electron chi connectivity index (χ1n) is 4.35. The summed E-state index contributed by atoms with van der Waals surface area (Å²) in [5.41, 5.74) is 4.35. The first-order chi connectivity index (χ1) is 7.52. The highest BCUT2D eigenvalue weighted by Gasteiger charge is 2.19. The monoisotopic (exact) mass is 226 g/mol. The van der Waals surface area contributed by atoms with Crippen LogP contribution < -0.4 is 11.1 Å². The topological polar surface area (TPSA) is 138 Å². The van der Waals surface area contributed by atoms with Gasteiger partial charge in [0, 0.05) is 13.0 Å². The smallest absolute Gasteiger partial charge is 0.354 e. The van der Waals surface area contributed by atoms with Gasteiger partial charge in [-0.25, -0.2) is 9.78 Å². The number of carbonyl (C=O) groups is 3. The van der Waals surface area contributed by atoms with Gasteiger partial charge in [0.25, 0.3) is 5.91 Å². The number of carboxylic acids is 1. The predicted octanol–water partition coefficient (Wildman–Crippen LogP) is -1.29. The molecule has 0 aliphatic rings. The maximum Gasteiger partial charge on any atom is 0.354 e. The Kier molecular flexibility index (Phi) is 3.59. The number of nitrogens with two attached hydrogens (primary N) is 1. The number of carboxylic acid groups (broad SMARTS) is 1. The van der Waals surface area contributed by atoms with E-state index in [1.54, 1.807) is 0 Å². The SMILES string of the molecule is NC(=O)CCNC(=O)c1nc[nH]c1C(=O)O. The molecule has 1 aromatic heterocycles. The number of hydrogen-bond donors (Lipinski definition) is 4. The van der Waals surface area contributed by atoms with Crippen LogP contribution in [0.2, 0.25) is 0 Å². The van der Waals surface area contributed by atoms with Gasteiger partial charge in [0.1, 0.15) is 0 Å². The normalized spacial score (nSPS) is 9.75. The molecule has 0 aliphatic carbocycles. The van der Waals surface area contributed by atoms with Gasteiger partial charge in [-0.1, -0.05) is 0 Å². The van der Waals surface area contributed by atoms with Crippen molar-refractivity contribution in [2.45, 2.75) is 6.42 Å². The first-order valence-corrected chi connectivity index (χ1v) is 4.35. The Hall–Kier alpha value is -2.38. The van der Waals surface area contributed by atoms with Gasteiger partial charge >= 0.3 is 5.97 Å². The highest BCUT2D eigenvalue weighted by atomic mass is 16.4.